The van der Waals surface area contributed by atoms with Crippen molar-refractivity contribution in [3.63, 3.8) is 0 Å². The van der Waals surface area contributed by atoms with Gasteiger partial charge in [-0.25, -0.2) is 9.59 Å². The predicted molar refractivity (Wildman–Crippen MR) is 131 cm³/mol. The monoisotopic (exact) mass is 476 g/mol. The van der Waals surface area contributed by atoms with E-state index in [4.69, 9.17) is 4.74 Å². The standard InChI is InChI=1S/C28H32N2O5/c31-26(30-25(27(32)33)14-17-12-13-17)23(18-6-5-7-18)15-29-28(34)35-16-24-21-10-3-1-8-19(21)20-9-2-4-11-22(20)24/h1-4,8-11,17-18,23-25H,5-7,12-16H2,(H,29,34)(H,30,31)(H,32,33). The smallest absolute Gasteiger partial charge is 0.407 e. The van der Waals surface area contributed by atoms with E-state index in [9.17, 15) is 19.5 Å². The highest BCUT2D eigenvalue weighted by Crippen LogP contribution is 2.44. The first kappa shape index (κ1) is 23.4. The van der Waals surface area contributed by atoms with Gasteiger partial charge in [0, 0.05) is 12.5 Å². The van der Waals surface area contributed by atoms with Gasteiger partial charge in [0.2, 0.25) is 5.91 Å². The molecule has 2 unspecified atom stereocenters. The van der Waals surface area contributed by atoms with Crippen LogP contribution in [0.4, 0.5) is 4.79 Å². The summed E-state index contributed by atoms with van der Waals surface area (Å²) in [6.45, 7) is 0.353. The minimum absolute atomic E-state index is 0.0300. The summed E-state index contributed by atoms with van der Waals surface area (Å²) in [5.41, 5.74) is 4.61. The van der Waals surface area contributed by atoms with Crippen LogP contribution in [0, 0.1) is 17.8 Å². The fraction of sp³-hybridized carbons (Fsp3) is 0.464. The lowest BCUT2D eigenvalue weighted by Crippen LogP contribution is -2.49. The third kappa shape index (κ3) is 5.19. The molecular formula is C28H32N2O5. The molecule has 2 amide bonds. The number of carbonyl (C=O) groups is 3. The topological polar surface area (TPSA) is 105 Å². The third-order valence-electron chi connectivity index (χ3n) is 7.75. The Morgan fingerprint density at radius 2 is 1.57 bits per heavy atom. The molecule has 0 bridgehead atoms. The number of hydrogen-bond acceptors (Lipinski definition) is 4. The normalized spacial score (nSPS) is 18.5. The molecule has 2 aromatic carbocycles. The lowest BCUT2D eigenvalue weighted by atomic mass is 9.75. The Labute approximate surface area is 205 Å². The third-order valence-corrected chi connectivity index (χ3v) is 7.75. The highest BCUT2D eigenvalue weighted by atomic mass is 16.5. The number of nitrogens with one attached hydrogen (secondary N) is 2. The molecule has 0 radical (unpaired) electrons. The minimum atomic E-state index is -0.998. The zero-order valence-electron chi connectivity index (χ0n) is 19.7. The summed E-state index contributed by atoms with van der Waals surface area (Å²) in [7, 11) is 0. The number of aliphatic carboxylic acids is 1. The molecule has 0 spiro atoms. The summed E-state index contributed by atoms with van der Waals surface area (Å²) in [6.07, 6.45) is 4.82. The lowest BCUT2D eigenvalue weighted by Gasteiger charge is -2.33. The van der Waals surface area contributed by atoms with Gasteiger partial charge in [-0.05, 0) is 53.4 Å². The van der Waals surface area contributed by atoms with E-state index < -0.39 is 24.0 Å². The molecule has 0 heterocycles. The summed E-state index contributed by atoms with van der Waals surface area (Å²) >= 11 is 0. The van der Waals surface area contributed by atoms with Crippen LogP contribution in [-0.4, -0.2) is 42.3 Å². The van der Waals surface area contributed by atoms with Crippen molar-refractivity contribution in [3.8, 4) is 11.1 Å². The molecule has 184 valence electrons. The van der Waals surface area contributed by atoms with Gasteiger partial charge >= 0.3 is 12.1 Å². The molecule has 0 aromatic heterocycles. The first-order chi connectivity index (χ1) is 17.0. The molecule has 7 nitrogen and oxygen atoms in total. The summed E-state index contributed by atoms with van der Waals surface area (Å²) in [4.78, 5) is 37.2. The Hall–Kier alpha value is -3.35. The largest absolute Gasteiger partial charge is 0.480 e. The van der Waals surface area contributed by atoms with Gasteiger partial charge in [0.15, 0.2) is 0 Å². The number of benzene rings is 2. The molecule has 0 aliphatic heterocycles. The van der Waals surface area contributed by atoms with Crippen LogP contribution in [0.3, 0.4) is 0 Å². The molecule has 2 fully saturated rings. The average molecular weight is 477 g/mol. The fourth-order valence-corrected chi connectivity index (χ4v) is 5.35. The second kappa shape index (κ2) is 10.1. The average Bonchev–Trinajstić information content (AvgIpc) is 3.59. The van der Waals surface area contributed by atoms with Crippen LogP contribution in [0.1, 0.15) is 55.6 Å². The van der Waals surface area contributed by atoms with Crippen LogP contribution in [0.2, 0.25) is 0 Å². The highest BCUT2D eigenvalue weighted by Gasteiger charge is 2.37. The Morgan fingerprint density at radius 3 is 2.11 bits per heavy atom. The van der Waals surface area contributed by atoms with Crippen molar-refractivity contribution in [3.05, 3.63) is 59.7 Å². The van der Waals surface area contributed by atoms with Crippen molar-refractivity contribution in [1.29, 1.82) is 0 Å². The Balaban J connectivity index is 1.18. The summed E-state index contributed by atoms with van der Waals surface area (Å²) in [5.74, 6) is -1.23. The van der Waals surface area contributed by atoms with Crippen molar-refractivity contribution in [2.45, 2.75) is 50.5 Å². The number of fused-ring (bicyclic) bond motifs is 3. The van der Waals surface area contributed by atoms with Crippen LogP contribution in [0.25, 0.3) is 11.1 Å². The Morgan fingerprint density at radius 1 is 0.943 bits per heavy atom. The zero-order chi connectivity index (χ0) is 24.4. The number of hydrogen-bond donors (Lipinski definition) is 3. The van der Waals surface area contributed by atoms with Gasteiger partial charge in [0.25, 0.3) is 0 Å². The van der Waals surface area contributed by atoms with Crippen molar-refractivity contribution in [2.75, 3.05) is 13.2 Å². The minimum Gasteiger partial charge on any atom is -0.480 e. The number of rotatable bonds is 10. The van der Waals surface area contributed by atoms with Crippen molar-refractivity contribution >= 4 is 18.0 Å². The number of amides is 2. The van der Waals surface area contributed by atoms with E-state index in [1.807, 2.05) is 24.3 Å². The van der Waals surface area contributed by atoms with E-state index in [1.165, 1.54) is 0 Å². The molecule has 3 aliphatic rings. The zero-order valence-corrected chi connectivity index (χ0v) is 19.7. The van der Waals surface area contributed by atoms with E-state index in [2.05, 4.69) is 34.9 Å². The van der Waals surface area contributed by atoms with E-state index in [0.717, 1.165) is 54.4 Å². The molecule has 2 aromatic rings. The maximum atomic E-state index is 13.0. The van der Waals surface area contributed by atoms with Crippen molar-refractivity contribution in [1.82, 2.24) is 10.6 Å². The number of carboxylic acid groups (broad SMARTS) is 1. The van der Waals surface area contributed by atoms with Crippen LogP contribution in [-0.2, 0) is 14.3 Å². The van der Waals surface area contributed by atoms with E-state index in [-0.39, 0.29) is 30.9 Å². The second-order valence-corrected chi connectivity index (χ2v) is 10.1. The Kier molecular flexibility index (Phi) is 6.75. The molecule has 3 N–H and O–H groups in total. The molecule has 3 aliphatic carbocycles. The van der Waals surface area contributed by atoms with E-state index in [1.54, 1.807) is 0 Å². The van der Waals surface area contributed by atoms with E-state index >= 15 is 0 Å². The molecule has 0 saturated heterocycles. The Bertz CT molecular complexity index is 1060. The number of carboxylic acids is 1. The maximum Gasteiger partial charge on any atom is 0.407 e. The maximum absolute atomic E-state index is 13.0. The van der Waals surface area contributed by atoms with Gasteiger partial charge in [0.05, 0.1) is 5.92 Å². The first-order valence-electron chi connectivity index (χ1n) is 12.6. The molecule has 2 saturated carbocycles. The van der Waals surface area contributed by atoms with Gasteiger partial charge in [0.1, 0.15) is 12.6 Å². The SMILES string of the molecule is O=C(NCC(C(=O)NC(CC1CC1)C(=O)O)C1CCC1)OCC1c2ccccc2-c2ccccc21. The first-order valence-corrected chi connectivity index (χ1v) is 12.6. The van der Waals surface area contributed by atoms with Crippen LogP contribution in [0.15, 0.2) is 48.5 Å². The van der Waals surface area contributed by atoms with Gasteiger partial charge in [-0.15, -0.1) is 0 Å². The molecule has 2 atom stereocenters. The van der Waals surface area contributed by atoms with Crippen LogP contribution >= 0.6 is 0 Å². The summed E-state index contributed by atoms with van der Waals surface area (Å²) in [5, 5.41) is 15.0. The quantitative estimate of drug-likeness (QED) is 0.474. The number of alkyl carbamates (subject to hydrolysis) is 1. The van der Waals surface area contributed by atoms with Crippen molar-refractivity contribution < 1.29 is 24.2 Å². The van der Waals surface area contributed by atoms with Gasteiger partial charge in [-0.3, -0.25) is 4.79 Å². The molecule has 35 heavy (non-hydrogen) atoms. The lowest BCUT2D eigenvalue weighted by molar-refractivity contribution is -0.143. The molecule has 7 heteroatoms. The predicted octanol–water partition coefficient (Wildman–Crippen LogP) is 4.31. The highest BCUT2D eigenvalue weighted by molar-refractivity contribution is 5.86. The van der Waals surface area contributed by atoms with E-state index in [0.29, 0.717) is 12.3 Å². The summed E-state index contributed by atoms with van der Waals surface area (Å²) < 4.78 is 5.61. The second-order valence-electron chi connectivity index (χ2n) is 10.1. The van der Waals surface area contributed by atoms with Crippen molar-refractivity contribution in [2.24, 2.45) is 17.8 Å². The number of ether oxygens (including phenoxy) is 1. The van der Waals surface area contributed by atoms with Gasteiger partial charge < -0.3 is 20.5 Å². The summed E-state index contributed by atoms with van der Waals surface area (Å²) in [6, 6.07) is 15.4. The van der Waals surface area contributed by atoms with Gasteiger partial charge in [-0.1, -0.05) is 67.8 Å². The fourth-order valence-electron chi connectivity index (χ4n) is 5.35. The number of carbonyl (C=O) groups excluding carboxylic acids is 2. The van der Waals surface area contributed by atoms with Crippen LogP contribution < -0.4 is 10.6 Å². The molecule has 5 rings (SSSR count). The molecular weight excluding hydrogens is 444 g/mol. The van der Waals surface area contributed by atoms with Crippen LogP contribution in [0.5, 0.6) is 0 Å². The van der Waals surface area contributed by atoms with Gasteiger partial charge in [-0.2, -0.15) is 0 Å².